The molecule has 1 aliphatic rings. The van der Waals surface area contributed by atoms with E-state index in [-0.39, 0.29) is 18.4 Å². The van der Waals surface area contributed by atoms with E-state index in [1.165, 1.54) is 0 Å². The highest BCUT2D eigenvalue weighted by molar-refractivity contribution is 6.06. The summed E-state index contributed by atoms with van der Waals surface area (Å²) < 4.78 is 22.8. The van der Waals surface area contributed by atoms with E-state index in [1.54, 1.807) is 35.2 Å². The van der Waals surface area contributed by atoms with Gasteiger partial charge in [0.15, 0.2) is 18.1 Å². The molecule has 0 spiro atoms. The lowest BCUT2D eigenvalue weighted by Crippen LogP contribution is -2.40. The molecule has 0 unspecified atom stereocenters. The number of amides is 2. The number of fused-ring (bicyclic) bond motifs is 1. The van der Waals surface area contributed by atoms with E-state index < -0.39 is 0 Å². The van der Waals surface area contributed by atoms with Crippen LogP contribution in [0.15, 0.2) is 30.3 Å². The van der Waals surface area contributed by atoms with Gasteiger partial charge in [0, 0.05) is 17.8 Å². The van der Waals surface area contributed by atoms with Gasteiger partial charge >= 0.3 is 0 Å². The number of benzene rings is 2. The van der Waals surface area contributed by atoms with Crippen molar-refractivity contribution >= 4 is 23.2 Å². The molecule has 0 saturated carbocycles. The lowest BCUT2D eigenvalue weighted by molar-refractivity contribution is -0.121. The molecule has 9 nitrogen and oxygen atoms in total. The van der Waals surface area contributed by atoms with Crippen LogP contribution in [0.25, 0.3) is 0 Å². The van der Waals surface area contributed by atoms with Crippen molar-refractivity contribution in [2.75, 3.05) is 63.8 Å². The quantitative estimate of drug-likeness (QED) is 0.489. The molecule has 0 radical (unpaired) electrons. The number of hydrogen-bond acceptors (Lipinski definition) is 7. The van der Waals surface area contributed by atoms with Gasteiger partial charge < -0.3 is 34.1 Å². The van der Waals surface area contributed by atoms with Crippen molar-refractivity contribution in [2.24, 2.45) is 0 Å². The van der Waals surface area contributed by atoms with Crippen LogP contribution in [0.4, 0.5) is 11.4 Å². The molecule has 1 N–H and O–H groups in total. The van der Waals surface area contributed by atoms with Gasteiger partial charge in [0.25, 0.3) is 11.8 Å². The normalized spacial score (nSPS) is 12.7. The second-order valence-electron chi connectivity index (χ2n) is 8.23. The summed E-state index contributed by atoms with van der Waals surface area (Å²) in [4.78, 5) is 29.5. The molecule has 1 aliphatic heterocycles. The molecule has 3 rings (SSSR count). The number of carbonyl (C=O) groups is 2. The molecule has 2 amide bonds. The Morgan fingerprint density at radius 3 is 2.29 bits per heavy atom. The number of rotatable bonds is 12. The van der Waals surface area contributed by atoms with Crippen LogP contribution in [-0.4, -0.2) is 70.3 Å². The average Bonchev–Trinajstić information content (AvgIpc) is 2.82. The van der Waals surface area contributed by atoms with Crippen LogP contribution >= 0.6 is 0 Å². The molecule has 35 heavy (non-hydrogen) atoms. The first-order valence-electron chi connectivity index (χ1n) is 12.0. The van der Waals surface area contributed by atoms with Crippen molar-refractivity contribution < 1.29 is 28.5 Å². The number of hydrogen-bond donors (Lipinski definition) is 1. The van der Waals surface area contributed by atoms with Crippen molar-refractivity contribution in [3.63, 3.8) is 0 Å². The fourth-order valence-corrected chi connectivity index (χ4v) is 3.79. The average molecular weight is 486 g/mol. The van der Waals surface area contributed by atoms with Crippen molar-refractivity contribution in [3.8, 4) is 23.0 Å². The summed E-state index contributed by atoms with van der Waals surface area (Å²) in [7, 11) is 4.00. The summed E-state index contributed by atoms with van der Waals surface area (Å²) >= 11 is 0. The number of ether oxygens (including phenoxy) is 4. The Kier molecular flexibility index (Phi) is 9.19. The Balaban J connectivity index is 1.86. The Bertz CT molecular complexity index is 1010. The third-order valence-electron chi connectivity index (χ3n) is 5.32. The Hall–Kier alpha value is -3.46. The van der Waals surface area contributed by atoms with Crippen molar-refractivity contribution in [1.29, 1.82) is 0 Å². The minimum Gasteiger partial charge on any atom is -0.490 e. The summed E-state index contributed by atoms with van der Waals surface area (Å²) in [5.41, 5.74) is 1.57. The van der Waals surface area contributed by atoms with Gasteiger partial charge in [-0.05, 0) is 78.2 Å². The maximum atomic E-state index is 13.2. The summed E-state index contributed by atoms with van der Waals surface area (Å²) in [6.07, 6.45) is 0.821. The highest BCUT2D eigenvalue weighted by atomic mass is 16.5. The predicted octanol–water partition coefficient (Wildman–Crippen LogP) is 3.81. The van der Waals surface area contributed by atoms with E-state index in [2.05, 4.69) is 10.2 Å². The lowest BCUT2D eigenvalue weighted by atomic mass is 10.1. The molecule has 0 saturated heterocycles. The van der Waals surface area contributed by atoms with Crippen LogP contribution in [0, 0.1) is 0 Å². The number of carbonyl (C=O) groups excluding carboxylic acids is 2. The zero-order valence-corrected chi connectivity index (χ0v) is 21.2. The summed E-state index contributed by atoms with van der Waals surface area (Å²) in [6, 6.07) is 8.58. The zero-order chi connectivity index (χ0) is 25.4. The topological polar surface area (TPSA) is 89.6 Å². The van der Waals surface area contributed by atoms with Crippen molar-refractivity contribution in [3.05, 3.63) is 35.9 Å². The zero-order valence-electron chi connectivity index (χ0n) is 21.2. The standard InChI is InChI=1S/C26H35N3O6/c1-6-32-22-14-18(15-23(33-7-2)25(22)34-8-3)26(31)27-19-10-11-21-20(16-19)29(24(30)17-35-21)13-9-12-28(4)5/h10-11,14-16H,6-9,12-13,17H2,1-5H3,(H,27,31). The van der Waals surface area contributed by atoms with Crippen molar-refractivity contribution in [1.82, 2.24) is 4.90 Å². The van der Waals surface area contributed by atoms with E-state index in [0.29, 0.717) is 66.3 Å². The molecule has 0 fully saturated rings. The van der Waals surface area contributed by atoms with Crippen LogP contribution in [0.1, 0.15) is 37.6 Å². The highest BCUT2D eigenvalue weighted by Gasteiger charge is 2.26. The lowest BCUT2D eigenvalue weighted by Gasteiger charge is -2.30. The third-order valence-corrected chi connectivity index (χ3v) is 5.32. The number of nitrogens with one attached hydrogen (secondary N) is 1. The van der Waals surface area contributed by atoms with Crippen LogP contribution < -0.4 is 29.2 Å². The SMILES string of the molecule is CCOc1cc(C(=O)Nc2ccc3c(c2)N(CCCN(C)C)C(=O)CO3)cc(OCC)c1OCC. The molecule has 190 valence electrons. The Morgan fingerprint density at radius 1 is 1.03 bits per heavy atom. The minimum absolute atomic E-state index is 0.00720. The van der Waals surface area contributed by atoms with Crippen LogP contribution in [0.5, 0.6) is 23.0 Å². The summed E-state index contributed by atoms with van der Waals surface area (Å²) in [5.74, 6) is 1.55. The second kappa shape index (κ2) is 12.3. The fourth-order valence-electron chi connectivity index (χ4n) is 3.79. The molecular formula is C26H35N3O6. The van der Waals surface area contributed by atoms with E-state index in [1.807, 2.05) is 34.9 Å². The molecule has 1 heterocycles. The predicted molar refractivity (Wildman–Crippen MR) is 135 cm³/mol. The van der Waals surface area contributed by atoms with Gasteiger partial charge in [-0.15, -0.1) is 0 Å². The first-order chi connectivity index (χ1) is 16.9. The van der Waals surface area contributed by atoms with Crippen molar-refractivity contribution in [2.45, 2.75) is 27.2 Å². The van der Waals surface area contributed by atoms with Gasteiger partial charge in [-0.3, -0.25) is 9.59 Å². The van der Waals surface area contributed by atoms with Gasteiger partial charge in [-0.2, -0.15) is 0 Å². The third kappa shape index (κ3) is 6.57. The van der Waals surface area contributed by atoms with Gasteiger partial charge in [-0.25, -0.2) is 0 Å². The summed E-state index contributed by atoms with van der Waals surface area (Å²) in [6.45, 7) is 8.31. The summed E-state index contributed by atoms with van der Waals surface area (Å²) in [5, 5.41) is 2.92. The molecular weight excluding hydrogens is 450 g/mol. The second-order valence-corrected chi connectivity index (χ2v) is 8.23. The first kappa shape index (κ1) is 26.2. The highest BCUT2D eigenvalue weighted by Crippen LogP contribution is 2.40. The van der Waals surface area contributed by atoms with Crippen LogP contribution in [0.2, 0.25) is 0 Å². The smallest absolute Gasteiger partial charge is 0.265 e. The van der Waals surface area contributed by atoms with E-state index >= 15 is 0 Å². The molecule has 0 aliphatic carbocycles. The van der Waals surface area contributed by atoms with Gasteiger partial charge in [0.05, 0.1) is 25.5 Å². The minimum atomic E-state index is -0.336. The maximum absolute atomic E-state index is 13.2. The molecule has 2 aromatic rings. The monoisotopic (exact) mass is 485 g/mol. The van der Waals surface area contributed by atoms with E-state index in [4.69, 9.17) is 18.9 Å². The van der Waals surface area contributed by atoms with Gasteiger partial charge in [0.2, 0.25) is 5.75 Å². The van der Waals surface area contributed by atoms with Crippen LogP contribution in [-0.2, 0) is 4.79 Å². The number of nitrogens with zero attached hydrogens (tertiary/aromatic N) is 2. The maximum Gasteiger partial charge on any atom is 0.265 e. The van der Waals surface area contributed by atoms with Gasteiger partial charge in [-0.1, -0.05) is 0 Å². The molecule has 0 bridgehead atoms. The van der Waals surface area contributed by atoms with Gasteiger partial charge in [0.1, 0.15) is 5.75 Å². The molecule has 9 heteroatoms. The van der Waals surface area contributed by atoms with Crippen LogP contribution in [0.3, 0.4) is 0 Å². The molecule has 0 aromatic heterocycles. The number of anilines is 2. The molecule has 2 aromatic carbocycles. The first-order valence-corrected chi connectivity index (χ1v) is 12.0. The largest absolute Gasteiger partial charge is 0.490 e. The Morgan fingerprint density at radius 2 is 1.69 bits per heavy atom. The molecule has 0 atom stereocenters. The fraction of sp³-hybridized carbons (Fsp3) is 0.462. The van der Waals surface area contributed by atoms with E-state index in [9.17, 15) is 9.59 Å². The Labute approximate surface area is 206 Å². The van der Waals surface area contributed by atoms with E-state index in [0.717, 1.165) is 13.0 Å².